The van der Waals surface area contributed by atoms with Gasteiger partial charge in [0.05, 0.1) is 12.7 Å². The van der Waals surface area contributed by atoms with Crippen LogP contribution in [0.1, 0.15) is 39.0 Å². The van der Waals surface area contributed by atoms with Crippen molar-refractivity contribution >= 4 is 5.91 Å². The second-order valence-corrected chi connectivity index (χ2v) is 6.80. The van der Waals surface area contributed by atoms with Gasteiger partial charge < -0.3 is 9.64 Å². The lowest BCUT2D eigenvalue weighted by molar-refractivity contribution is -0.180. The molecule has 2 aliphatic carbocycles. The van der Waals surface area contributed by atoms with Crippen molar-refractivity contribution in [2.75, 3.05) is 19.7 Å². The van der Waals surface area contributed by atoms with E-state index >= 15 is 0 Å². The van der Waals surface area contributed by atoms with E-state index in [1.807, 2.05) is 11.8 Å². The number of hydrogen-bond acceptors (Lipinski definition) is 2. The summed E-state index contributed by atoms with van der Waals surface area (Å²) in [6.07, 6.45) is 2.77. The fraction of sp³-hybridized carbons (Fsp3) is 0.929. The quantitative estimate of drug-likeness (QED) is 0.787. The second-order valence-electron chi connectivity index (χ2n) is 6.80. The van der Waals surface area contributed by atoms with Crippen LogP contribution >= 0.6 is 0 Å². The van der Waals surface area contributed by atoms with Crippen LogP contribution in [0.4, 0.5) is 8.78 Å². The summed E-state index contributed by atoms with van der Waals surface area (Å²) in [7, 11) is 0. The monoisotopic (exact) mass is 273 g/mol. The van der Waals surface area contributed by atoms with Crippen molar-refractivity contribution in [1.82, 2.24) is 4.90 Å². The van der Waals surface area contributed by atoms with Crippen molar-refractivity contribution in [2.45, 2.75) is 51.1 Å². The van der Waals surface area contributed by atoms with Gasteiger partial charge in [0.25, 0.3) is 0 Å². The predicted molar refractivity (Wildman–Crippen MR) is 65.9 cm³/mol. The van der Waals surface area contributed by atoms with Gasteiger partial charge in [-0.15, -0.1) is 0 Å². The smallest absolute Gasteiger partial charge is 0.249 e. The molecule has 3 nitrogen and oxygen atoms in total. The zero-order valence-corrected chi connectivity index (χ0v) is 11.3. The van der Waals surface area contributed by atoms with Crippen LogP contribution < -0.4 is 0 Å². The summed E-state index contributed by atoms with van der Waals surface area (Å²) in [6.45, 7) is 3.64. The molecule has 0 spiro atoms. The molecule has 0 radical (unpaired) electrons. The first-order chi connectivity index (χ1) is 8.87. The van der Waals surface area contributed by atoms with Gasteiger partial charge in [-0.2, -0.15) is 0 Å². The molecule has 0 N–H and O–H groups in total. The van der Waals surface area contributed by atoms with Crippen molar-refractivity contribution in [3.05, 3.63) is 0 Å². The van der Waals surface area contributed by atoms with Crippen LogP contribution in [0.5, 0.6) is 0 Å². The van der Waals surface area contributed by atoms with Gasteiger partial charge in [-0.25, -0.2) is 8.78 Å². The largest absolute Gasteiger partial charge is 0.376 e. The molecule has 1 atom stereocenters. The first-order valence-electron chi connectivity index (χ1n) is 7.15. The zero-order valence-electron chi connectivity index (χ0n) is 11.3. The average molecular weight is 273 g/mol. The Hall–Kier alpha value is -0.710. The highest BCUT2D eigenvalue weighted by Gasteiger charge is 2.54. The van der Waals surface area contributed by atoms with Crippen LogP contribution in [0.3, 0.4) is 0 Å². The third kappa shape index (κ3) is 2.91. The summed E-state index contributed by atoms with van der Waals surface area (Å²) < 4.78 is 31.5. The Bertz CT molecular complexity index is 374. The van der Waals surface area contributed by atoms with E-state index in [0.717, 1.165) is 25.8 Å². The lowest BCUT2D eigenvalue weighted by Gasteiger charge is -2.44. The van der Waals surface area contributed by atoms with Crippen LogP contribution in [-0.2, 0) is 9.53 Å². The standard InChI is InChI=1S/C14H21F2NO2/c1-13(7-14(15,16)8-13)9-19-11-4-5-17(6-11)12(18)10-2-3-10/h10-11H,2-9H2,1H3. The highest BCUT2D eigenvalue weighted by Crippen LogP contribution is 2.51. The van der Waals surface area contributed by atoms with Crippen LogP contribution in [0.25, 0.3) is 0 Å². The van der Waals surface area contributed by atoms with Gasteiger partial charge in [-0.3, -0.25) is 4.79 Å². The molecule has 1 heterocycles. The van der Waals surface area contributed by atoms with Crippen LogP contribution in [0.15, 0.2) is 0 Å². The molecule has 1 amide bonds. The number of nitrogens with zero attached hydrogens (tertiary/aromatic N) is 1. The number of rotatable bonds is 4. The maximum absolute atomic E-state index is 12.9. The Balaban J connectivity index is 1.41. The predicted octanol–water partition coefficient (Wildman–Crippen LogP) is 2.45. The van der Waals surface area contributed by atoms with Crippen molar-refractivity contribution in [2.24, 2.45) is 11.3 Å². The lowest BCUT2D eigenvalue weighted by Crippen LogP contribution is -2.47. The molecule has 3 fully saturated rings. The highest BCUT2D eigenvalue weighted by atomic mass is 19.3. The van der Waals surface area contributed by atoms with E-state index in [4.69, 9.17) is 4.74 Å². The molecule has 2 saturated carbocycles. The lowest BCUT2D eigenvalue weighted by atomic mass is 9.68. The third-order valence-corrected chi connectivity index (χ3v) is 4.42. The first kappa shape index (κ1) is 13.3. The maximum atomic E-state index is 12.9. The number of halogens is 2. The molecule has 1 unspecified atom stereocenters. The van der Waals surface area contributed by atoms with Crippen molar-refractivity contribution < 1.29 is 18.3 Å². The van der Waals surface area contributed by atoms with Gasteiger partial charge in [0.15, 0.2) is 0 Å². The highest BCUT2D eigenvalue weighted by molar-refractivity contribution is 5.81. The normalized spacial score (nSPS) is 32.2. The van der Waals surface area contributed by atoms with Crippen LogP contribution in [-0.4, -0.2) is 42.5 Å². The molecule has 5 heteroatoms. The summed E-state index contributed by atoms with van der Waals surface area (Å²) in [5.41, 5.74) is -0.378. The number of carbonyl (C=O) groups is 1. The zero-order chi connectivity index (χ0) is 13.7. The van der Waals surface area contributed by atoms with Crippen molar-refractivity contribution in [3.8, 4) is 0 Å². The number of hydrogen-bond donors (Lipinski definition) is 0. The Kier molecular flexibility index (Phi) is 3.08. The number of amides is 1. The van der Waals surface area contributed by atoms with E-state index in [1.54, 1.807) is 0 Å². The number of ether oxygens (including phenoxy) is 1. The first-order valence-corrected chi connectivity index (χ1v) is 7.15. The maximum Gasteiger partial charge on any atom is 0.249 e. The van der Waals surface area contributed by atoms with Crippen LogP contribution in [0, 0.1) is 11.3 Å². The van der Waals surface area contributed by atoms with Crippen molar-refractivity contribution in [3.63, 3.8) is 0 Å². The SMILES string of the molecule is CC1(COC2CCN(C(=O)C3CC3)C2)CC(F)(F)C1. The molecule has 3 rings (SSSR count). The molecule has 0 aromatic rings. The van der Waals surface area contributed by atoms with Gasteiger partial charge in [-0.05, 0) is 19.3 Å². The molecule has 1 aliphatic heterocycles. The minimum atomic E-state index is -2.50. The van der Waals surface area contributed by atoms with E-state index in [2.05, 4.69) is 0 Å². The molecular weight excluding hydrogens is 252 g/mol. The number of alkyl halides is 2. The number of likely N-dealkylation sites (tertiary alicyclic amines) is 1. The van der Waals surface area contributed by atoms with E-state index < -0.39 is 5.92 Å². The van der Waals surface area contributed by atoms with Gasteiger partial charge in [0.1, 0.15) is 0 Å². The molecule has 0 aromatic heterocycles. The van der Waals surface area contributed by atoms with Gasteiger partial charge >= 0.3 is 0 Å². The molecule has 0 bridgehead atoms. The van der Waals surface area contributed by atoms with Gasteiger partial charge in [0, 0.05) is 37.3 Å². The molecule has 108 valence electrons. The van der Waals surface area contributed by atoms with E-state index in [9.17, 15) is 13.6 Å². The Labute approximate surface area is 112 Å². The summed E-state index contributed by atoms with van der Waals surface area (Å²) in [5.74, 6) is -1.99. The summed E-state index contributed by atoms with van der Waals surface area (Å²) >= 11 is 0. The van der Waals surface area contributed by atoms with Gasteiger partial charge in [-0.1, -0.05) is 6.92 Å². The Morgan fingerprint density at radius 1 is 1.32 bits per heavy atom. The van der Waals surface area contributed by atoms with Gasteiger partial charge in [0.2, 0.25) is 11.8 Å². The fourth-order valence-electron chi connectivity index (χ4n) is 3.27. The molecule has 1 saturated heterocycles. The third-order valence-electron chi connectivity index (χ3n) is 4.42. The fourth-order valence-corrected chi connectivity index (χ4v) is 3.27. The topological polar surface area (TPSA) is 29.5 Å². The Morgan fingerprint density at radius 2 is 2.00 bits per heavy atom. The molecule has 19 heavy (non-hydrogen) atoms. The van der Waals surface area contributed by atoms with E-state index in [0.29, 0.717) is 13.2 Å². The minimum Gasteiger partial charge on any atom is -0.376 e. The summed E-state index contributed by atoms with van der Waals surface area (Å²) in [6, 6.07) is 0. The molecule has 3 aliphatic rings. The molecule has 0 aromatic carbocycles. The van der Waals surface area contributed by atoms with E-state index in [-0.39, 0.29) is 36.2 Å². The summed E-state index contributed by atoms with van der Waals surface area (Å²) in [5, 5.41) is 0. The Morgan fingerprint density at radius 3 is 2.58 bits per heavy atom. The average Bonchev–Trinajstić information content (AvgIpc) is 3.02. The second kappa shape index (κ2) is 4.40. The summed E-state index contributed by atoms with van der Waals surface area (Å²) in [4.78, 5) is 13.8. The van der Waals surface area contributed by atoms with E-state index in [1.165, 1.54) is 0 Å². The van der Waals surface area contributed by atoms with Crippen molar-refractivity contribution in [1.29, 1.82) is 0 Å². The number of carbonyl (C=O) groups excluding carboxylic acids is 1. The molecular formula is C14H21F2NO2. The minimum absolute atomic E-state index is 0.0359. The van der Waals surface area contributed by atoms with Crippen LogP contribution in [0.2, 0.25) is 0 Å².